The Morgan fingerprint density at radius 2 is 2.05 bits per heavy atom. The number of hydrogen-bond acceptors (Lipinski definition) is 3. The molecule has 0 spiro atoms. The van der Waals surface area contributed by atoms with Crippen LogP contribution >= 0.6 is 15.9 Å². The molecule has 1 aromatic rings. The fraction of sp³-hybridized carbons (Fsp3) is 0.588. The number of nitriles is 1. The number of nitrogens with zero attached hydrogens (tertiary/aromatic N) is 2. The zero-order valence-corrected chi connectivity index (χ0v) is 15.1. The predicted molar refractivity (Wildman–Crippen MR) is 93.6 cm³/mol. The van der Waals surface area contributed by atoms with Gasteiger partial charge in [-0.05, 0) is 51.4 Å². The van der Waals surface area contributed by atoms with Crippen LogP contribution in [0.3, 0.4) is 0 Å². The van der Waals surface area contributed by atoms with Gasteiger partial charge in [0.2, 0.25) is 0 Å². The van der Waals surface area contributed by atoms with Crippen LogP contribution in [0.25, 0.3) is 0 Å². The number of anilines is 1. The molecule has 0 saturated carbocycles. The van der Waals surface area contributed by atoms with Gasteiger partial charge in [0.25, 0.3) is 0 Å². The van der Waals surface area contributed by atoms with Crippen molar-refractivity contribution in [1.82, 2.24) is 5.32 Å². The van der Waals surface area contributed by atoms with Crippen LogP contribution in [0.4, 0.5) is 5.69 Å². The van der Waals surface area contributed by atoms with Crippen molar-refractivity contribution < 1.29 is 0 Å². The maximum atomic E-state index is 8.80. The lowest BCUT2D eigenvalue weighted by molar-refractivity contribution is 0.569. The summed E-state index contributed by atoms with van der Waals surface area (Å²) in [5.41, 5.74) is 2.44. The van der Waals surface area contributed by atoms with Crippen LogP contribution in [-0.4, -0.2) is 19.1 Å². The smallest absolute Gasteiger partial charge is 0.0640 e. The quantitative estimate of drug-likeness (QED) is 0.741. The first-order valence-electron chi connectivity index (χ1n) is 7.67. The lowest BCUT2D eigenvalue weighted by Crippen LogP contribution is -2.31. The van der Waals surface area contributed by atoms with Gasteiger partial charge in [-0.3, -0.25) is 0 Å². The van der Waals surface area contributed by atoms with Crippen molar-refractivity contribution in [2.75, 3.05) is 18.0 Å². The summed E-state index contributed by atoms with van der Waals surface area (Å²) in [6, 6.07) is 9.43. The highest BCUT2D eigenvalue weighted by atomic mass is 79.9. The number of hydrogen-bond donors (Lipinski definition) is 1. The molecule has 0 heterocycles. The first-order chi connectivity index (χ1) is 10.0. The monoisotopic (exact) mass is 351 g/mol. The molecule has 0 aliphatic heterocycles. The van der Waals surface area contributed by atoms with Crippen molar-refractivity contribution >= 4 is 21.6 Å². The third-order valence-corrected chi connectivity index (χ3v) is 4.26. The van der Waals surface area contributed by atoms with Crippen LogP contribution in [-0.2, 0) is 0 Å². The van der Waals surface area contributed by atoms with E-state index in [1.807, 2.05) is 0 Å². The van der Waals surface area contributed by atoms with E-state index in [9.17, 15) is 0 Å². The van der Waals surface area contributed by atoms with E-state index in [4.69, 9.17) is 5.26 Å². The average Bonchev–Trinajstić information content (AvgIpc) is 2.45. The topological polar surface area (TPSA) is 39.1 Å². The van der Waals surface area contributed by atoms with Crippen molar-refractivity contribution in [2.24, 2.45) is 0 Å². The van der Waals surface area contributed by atoms with Gasteiger partial charge in [-0.1, -0.05) is 28.9 Å². The molecule has 4 heteroatoms. The van der Waals surface area contributed by atoms with Gasteiger partial charge < -0.3 is 10.2 Å². The minimum atomic E-state index is 0.333. The zero-order chi connectivity index (χ0) is 15.8. The molecule has 0 fully saturated rings. The molecule has 1 aromatic carbocycles. The average molecular weight is 352 g/mol. The fourth-order valence-corrected chi connectivity index (χ4v) is 3.08. The second-order valence-electron chi connectivity index (χ2n) is 5.58. The van der Waals surface area contributed by atoms with E-state index in [0.29, 0.717) is 18.5 Å². The van der Waals surface area contributed by atoms with Crippen LogP contribution in [0, 0.1) is 11.3 Å². The van der Waals surface area contributed by atoms with E-state index >= 15 is 0 Å². The molecule has 1 unspecified atom stereocenters. The van der Waals surface area contributed by atoms with E-state index in [-0.39, 0.29) is 0 Å². The SMILES string of the molecule is CCCNC(C)c1ccc(N(CCC#N)C(C)C)cc1Br. The van der Waals surface area contributed by atoms with Crippen LogP contribution in [0.15, 0.2) is 22.7 Å². The zero-order valence-electron chi connectivity index (χ0n) is 13.5. The normalized spacial score (nSPS) is 12.2. The highest BCUT2D eigenvalue weighted by molar-refractivity contribution is 9.10. The van der Waals surface area contributed by atoms with Gasteiger partial charge in [0, 0.05) is 28.8 Å². The lowest BCUT2D eigenvalue weighted by Gasteiger charge is -2.29. The first kappa shape index (κ1) is 18.0. The van der Waals surface area contributed by atoms with Crippen molar-refractivity contribution in [1.29, 1.82) is 5.26 Å². The van der Waals surface area contributed by atoms with Crippen LogP contribution in [0.1, 0.15) is 52.1 Å². The standard InChI is InChI=1S/C17H26BrN3/c1-5-10-20-14(4)16-8-7-15(12-17(16)18)21(13(2)3)11-6-9-19/h7-8,12-14,20H,5-6,10-11H2,1-4H3. The number of rotatable bonds is 8. The summed E-state index contributed by atoms with van der Waals surface area (Å²) in [5, 5.41) is 12.3. The fourth-order valence-electron chi connectivity index (χ4n) is 2.37. The Hall–Kier alpha value is -1.05. The minimum Gasteiger partial charge on any atom is -0.368 e. The summed E-state index contributed by atoms with van der Waals surface area (Å²) in [6.07, 6.45) is 1.68. The third-order valence-electron chi connectivity index (χ3n) is 3.57. The maximum Gasteiger partial charge on any atom is 0.0640 e. The van der Waals surface area contributed by atoms with Crippen molar-refractivity contribution in [3.63, 3.8) is 0 Å². The lowest BCUT2D eigenvalue weighted by atomic mass is 10.1. The first-order valence-corrected chi connectivity index (χ1v) is 8.47. The van der Waals surface area contributed by atoms with E-state index in [0.717, 1.165) is 24.0 Å². The Bertz CT molecular complexity index is 479. The molecule has 0 bridgehead atoms. The minimum absolute atomic E-state index is 0.333. The van der Waals surface area contributed by atoms with Crippen molar-refractivity contribution in [3.05, 3.63) is 28.2 Å². The van der Waals surface area contributed by atoms with Gasteiger partial charge in [-0.2, -0.15) is 5.26 Å². The third kappa shape index (κ3) is 5.33. The Morgan fingerprint density at radius 1 is 1.33 bits per heavy atom. The highest BCUT2D eigenvalue weighted by Crippen LogP contribution is 2.29. The summed E-state index contributed by atoms with van der Waals surface area (Å²) in [4.78, 5) is 2.27. The maximum absolute atomic E-state index is 8.80. The Kier molecular flexibility index (Phi) is 7.77. The van der Waals surface area contributed by atoms with Gasteiger partial charge in [-0.25, -0.2) is 0 Å². The molecular weight excluding hydrogens is 326 g/mol. The molecule has 1 N–H and O–H groups in total. The Balaban J connectivity index is 2.91. The molecule has 0 saturated heterocycles. The second kappa shape index (κ2) is 9.07. The molecule has 0 aliphatic rings. The summed E-state index contributed by atoms with van der Waals surface area (Å²) in [7, 11) is 0. The Labute approximate surface area is 137 Å². The summed E-state index contributed by atoms with van der Waals surface area (Å²) < 4.78 is 1.12. The summed E-state index contributed by atoms with van der Waals surface area (Å²) in [5.74, 6) is 0. The highest BCUT2D eigenvalue weighted by Gasteiger charge is 2.14. The van der Waals surface area contributed by atoms with Gasteiger partial charge in [-0.15, -0.1) is 0 Å². The number of halogens is 1. The Morgan fingerprint density at radius 3 is 2.57 bits per heavy atom. The largest absolute Gasteiger partial charge is 0.368 e. The van der Waals surface area contributed by atoms with Crippen LogP contribution in [0.5, 0.6) is 0 Å². The molecule has 0 amide bonds. The van der Waals surface area contributed by atoms with Gasteiger partial charge in [0.15, 0.2) is 0 Å². The molecule has 116 valence electrons. The summed E-state index contributed by atoms with van der Waals surface area (Å²) >= 11 is 3.69. The van der Waals surface area contributed by atoms with E-state index in [1.165, 1.54) is 11.3 Å². The molecule has 0 radical (unpaired) electrons. The molecule has 0 aromatic heterocycles. The van der Waals surface area contributed by atoms with E-state index in [2.05, 4.69) is 78.1 Å². The number of nitrogens with one attached hydrogen (secondary N) is 1. The predicted octanol–water partition coefficient (Wildman–Crippen LogP) is 4.64. The van der Waals surface area contributed by atoms with E-state index in [1.54, 1.807) is 0 Å². The molecule has 1 rings (SSSR count). The number of benzene rings is 1. The molecule has 21 heavy (non-hydrogen) atoms. The summed E-state index contributed by atoms with van der Waals surface area (Å²) in [6.45, 7) is 10.5. The van der Waals surface area contributed by atoms with Crippen molar-refractivity contribution in [2.45, 2.75) is 52.6 Å². The van der Waals surface area contributed by atoms with Gasteiger partial charge in [0.05, 0.1) is 12.5 Å². The molecule has 1 atom stereocenters. The van der Waals surface area contributed by atoms with Crippen LogP contribution in [0.2, 0.25) is 0 Å². The second-order valence-corrected chi connectivity index (χ2v) is 6.43. The molecular formula is C17H26BrN3. The van der Waals surface area contributed by atoms with Gasteiger partial charge in [0.1, 0.15) is 0 Å². The van der Waals surface area contributed by atoms with E-state index < -0.39 is 0 Å². The van der Waals surface area contributed by atoms with Crippen LogP contribution < -0.4 is 10.2 Å². The molecule has 0 aliphatic carbocycles. The molecule has 3 nitrogen and oxygen atoms in total. The van der Waals surface area contributed by atoms with Crippen molar-refractivity contribution in [3.8, 4) is 6.07 Å². The van der Waals surface area contributed by atoms with Gasteiger partial charge >= 0.3 is 0 Å².